The van der Waals surface area contributed by atoms with Gasteiger partial charge in [-0.25, -0.2) is 13.6 Å². The Morgan fingerprint density at radius 3 is 2.27 bits per heavy atom. The Balaban J connectivity index is 1.83. The van der Waals surface area contributed by atoms with Crippen LogP contribution >= 0.6 is 0 Å². The maximum Gasteiger partial charge on any atom is 0.387 e. The summed E-state index contributed by atoms with van der Waals surface area (Å²) < 4.78 is 52.7. The van der Waals surface area contributed by atoms with Crippen LogP contribution in [0.2, 0.25) is 0 Å². The monoisotopic (exact) mass is 432 g/mol. The van der Waals surface area contributed by atoms with Crippen LogP contribution in [-0.4, -0.2) is 20.9 Å². The van der Waals surface area contributed by atoms with E-state index in [1.54, 1.807) is 6.07 Å². The van der Waals surface area contributed by atoms with Crippen LogP contribution in [0, 0.1) is 0 Å². The first-order chi connectivity index (χ1) is 14.2. The van der Waals surface area contributed by atoms with Gasteiger partial charge in [-0.3, -0.25) is 4.79 Å². The first kappa shape index (κ1) is 21.4. The molecule has 0 aliphatic rings. The highest BCUT2D eigenvalue weighted by molar-refractivity contribution is 7.89. The summed E-state index contributed by atoms with van der Waals surface area (Å²) in [4.78, 5) is 12.4. The predicted molar refractivity (Wildman–Crippen MR) is 108 cm³/mol. The highest BCUT2D eigenvalue weighted by atomic mass is 32.2. The third-order valence-electron chi connectivity index (χ3n) is 4.22. The van der Waals surface area contributed by atoms with Crippen LogP contribution < -0.4 is 15.2 Å². The van der Waals surface area contributed by atoms with Gasteiger partial charge < -0.3 is 10.1 Å². The highest BCUT2D eigenvalue weighted by Crippen LogP contribution is 2.27. The number of carbonyl (C=O) groups excluding carboxylic acids is 1. The van der Waals surface area contributed by atoms with Gasteiger partial charge in [-0.1, -0.05) is 30.3 Å². The summed E-state index contributed by atoms with van der Waals surface area (Å²) in [5.41, 5.74) is 1.95. The molecular weight excluding hydrogens is 414 g/mol. The van der Waals surface area contributed by atoms with E-state index in [2.05, 4.69) is 10.1 Å². The van der Waals surface area contributed by atoms with E-state index in [1.165, 1.54) is 36.4 Å². The zero-order chi connectivity index (χ0) is 21.7. The predicted octanol–water partition coefficient (Wildman–Crippen LogP) is 3.78. The minimum atomic E-state index is -3.86. The number of rotatable bonds is 7. The van der Waals surface area contributed by atoms with Crippen LogP contribution in [0.3, 0.4) is 0 Å². The number of benzene rings is 3. The van der Waals surface area contributed by atoms with Crippen LogP contribution in [0.1, 0.15) is 21.5 Å². The number of nitrogens with one attached hydrogen (secondary N) is 1. The molecule has 3 aromatic rings. The first-order valence-corrected chi connectivity index (χ1v) is 10.3. The zero-order valence-corrected chi connectivity index (χ0v) is 16.4. The standard InChI is InChI=1S/C21H18F2N2O4S/c22-21(23)29-19-11-8-17(13-16(19)12-14-4-2-1-3-5-14)25-20(26)15-6-9-18(10-7-15)30(24,27)28/h1-11,13,21H,12H2,(H,25,26)(H2,24,27,28). The molecule has 0 bridgehead atoms. The molecule has 0 aliphatic heterocycles. The van der Waals surface area contributed by atoms with Crippen molar-refractivity contribution >= 4 is 21.6 Å². The van der Waals surface area contributed by atoms with Crippen LogP contribution in [0.4, 0.5) is 14.5 Å². The number of carbonyl (C=O) groups is 1. The molecule has 0 heterocycles. The molecule has 0 spiro atoms. The molecule has 0 saturated carbocycles. The van der Waals surface area contributed by atoms with Crippen molar-refractivity contribution in [3.05, 3.63) is 89.5 Å². The van der Waals surface area contributed by atoms with E-state index in [9.17, 15) is 22.0 Å². The van der Waals surface area contributed by atoms with Crippen molar-refractivity contribution in [2.45, 2.75) is 17.9 Å². The Labute approximate surface area is 172 Å². The molecule has 30 heavy (non-hydrogen) atoms. The summed E-state index contributed by atoms with van der Waals surface area (Å²) in [5.74, 6) is -0.478. The summed E-state index contributed by atoms with van der Waals surface area (Å²) >= 11 is 0. The van der Waals surface area contributed by atoms with Crippen LogP contribution in [0.5, 0.6) is 5.75 Å². The molecule has 3 aromatic carbocycles. The molecule has 0 aliphatic carbocycles. The smallest absolute Gasteiger partial charge is 0.387 e. The molecule has 0 atom stereocenters. The fourth-order valence-electron chi connectivity index (χ4n) is 2.82. The van der Waals surface area contributed by atoms with Crippen molar-refractivity contribution in [3.8, 4) is 5.75 Å². The van der Waals surface area contributed by atoms with Gasteiger partial charge in [0.1, 0.15) is 5.75 Å². The number of sulfonamides is 1. The maximum absolute atomic E-state index is 12.7. The van der Waals surface area contributed by atoms with Gasteiger partial charge in [0.25, 0.3) is 5.91 Å². The Morgan fingerprint density at radius 2 is 1.67 bits per heavy atom. The molecule has 6 nitrogen and oxygen atoms in total. The van der Waals surface area contributed by atoms with Crippen molar-refractivity contribution in [1.29, 1.82) is 0 Å². The Hall–Kier alpha value is -3.30. The Bertz CT molecular complexity index is 1140. The second kappa shape index (κ2) is 9.02. The van der Waals surface area contributed by atoms with E-state index in [-0.39, 0.29) is 16.2 Å². The minimum absolute atomic E-state index is 0.0179. The molecule has 0 aromatic heterocycles. The molecule has 0 fully saturated rings. The number of anilines is 1. The largest absolute Gasteiger partial charge is 0.435 e. The summed E-state index contributed by atoms with van der Waals surface area (Å²) in [6.45, 7) is -2.97. The molecule has 156 valence electrons. The number of nitrogens with two attached hydrogens (primary N) is 1. The molecule has 1 amide bonds. The average Bonchev–Trinajstić information content (AvgIpc) is 2.70. The lowest BCUT2D eigenvalue weighted by molar-refractivity contribution is -0.0503. The Morgan fingerprint density at radius 1 is 1.00 bits per heavy atom. The molecular formula is C21H18F2N2O4S. The lowest BCUT2D eigenvalue weighted by Crippen LogP contribution is -2.14. The van der Waals surface area contributed by atoms with E-state index < -0.39 is 22.5 Å². The number of amides is 1. The van der Waals surface area contributed by atoms with E-state index in [0.717, 1.165) is 5.56 Å². The lowest BCUT2D eigenvalue weighted by atomic mass is 10.0. The van der Waals surface area contributed by atoms with Gasteiger partial charge in [0, 0.05) is 23.2 Å². The number of hydrogen-bond donors (Lipinski definition) is 2. The number of alkyl halides is 2. The Kier molecular flexibility index (Phi) is 6.43. The quantitative estimate of drug-likeness (QED) is 0.594. The topological polar surface area (TPSA) is 98.5 Å². The van der Waals surface area contributed by atoms with Gasteiger partial charge in [0.2, 0.25) is 10.0 Å². The third kappa shape index (κ3) is 5.62. The second-order valence-electron chi connectivity index (χ2n) is 6.39. The van der Waals surface area contributed by atoms with Crippen molar-refractivity contribution < 1.29 is 26.7 Å². The fourth-order valence-corrected chi connectivity index (χ4v) is 3.34. The SMILES string of the molecule is NS(=O)(=O)c1ccc(C(=O)Nc2ccc(OC(F)F)c(Cc3ccccc3)c2)cc1. The van der Waals surface area contributed by atoms with Crippen molar-refractivity contribution in [1.82, 2.24) is 0 Å². The normalized spacial score (nSPS) is 11.3. The molecule has 3 N–H and O–H groups in total. The number of primary sulfonamides is 1. The summed E-state index contributed by atoms with van der Waals surface area (Å²) in [5, 5.41) is 7.70. The third-order valence-corrected chi connectivity index (χ3v) is 5.15. The van der Waals surface area contributed by atoms with Gasteiger partial charge >= 0.3 is 6.61 Å². The van der Waals surface area contributed by atoms with E-state index in [1.807, 2.05) is 30.3 Å². The van der Waals surface area contributed by atoms with E-state index >= 15 is 0 Å². The fraction of sp³-hybridized carbons (Fsp3) is 0.0952. The molecule has 0 radical (unpaired) electrons. The summed E-state index contributed by atoms with van der Waals surface area (Å²) in [6.07, 6.45) is 0.329. The van der Waals surface area contributed by atoms with Crippen LogP contribution in [-0.2, 0) is 16.4 Å². The second-order valence-corrected chi connectivity index (χ2v) is 7.95. The van der Waals surface area contributed by atoms with Gasteiger partial charge in [-0.15, -0.1) is 0 Å². The van der Waals surface area contributed by atoms with Gasteiger partial charge in [-0.05, 0) is 48.0 Å². The summed E-state index contributed by atoms with van der Waals surface area (Å²) in [7, 11) is -3.86. The van der Waals surface area contributed by atoms with E-state index in [4.69, 9.17) is 5.14 Å². The average molecular weight is 432 g/mol. The molecule has 0 unspecified atom stereocenters. The molecule has 0 saturated heterocycles. The van der Waals surface area contributed by atoms with Gasteiger partial charge in [0.15, 0.2) is 0 Å². The van der Waals surface area contributed by atoms with Gasteiger partial charge in [-0.2, -0.15) is 8.78 Å². The maximum atomic E-state index is 12.7. The molecule has 9 heteroatoms. The number of halogens is 2. The van der Waals surface area contributed by atoms with Crippen molar-refractivity contribution in [2.75, 3.05) is 5.32 Å². The highest BCUT2D eigenvalue weighted by Gasteiger charge is 2.14. The number of ether oxygens (including phenoxy) is 1. The van der Waals surface area contributed by atoms with Crippen LogP contribution in [0.25, 0.3) is 0 Å². The number of hydrogen-bond acceptors (Lipinski definition) is 4. The minimum Gasteiger partial charge on any atom is -0.435 e. The van der Waals surface area contributed by atoms with Crippen molar-refractivity contribution in [2.24, 2.45) is 5.14 Å². The van der Waals surface area contributed by atoms with Gasteiger partial charge in [0.05, 0.1) is 4.90 Å². The lowest BCUT2D eigenvalue weighted by Gasteiger charge is -2.14. The van der Waals surface area contributed by atoms with Crippen molar-refractivity contribution in [3.63, 3.8) is 0 Å². The van der Waals surface area contributed by atoms with Crippen LogP contribution in [0.15, 0.2) is 77.7 Å². The molecule has 3 rings (SSSR count). The zero-order valence-electron chi connectivity index (χ0n) is 15.6. The summed E-state index contributed by atoms with van der Waals surface area (Å²) in [6, 6.07) is 18.7. The van der Waals surface area contributed by atoms with E-state index in [0.29, 0.717) is 17.7 Å². The first-order valence-electron chi connectivity index (χ1n) is 8.78.